The summed E-state index contributed by atoms with van der Waals surface area (Å²) in [6.07, 6.45) is 2.56. The van der Waals surface area contributed by atoms with Gasteiger partial charge in [0.2, 0.25) is 5.91 Å². The molecule has 6 nitrogen and oxygen atoms in total. The minimum Gasteiger partial charge on any atom is -0.491 e. The molecular weight excluding hydrogens is 318 g/mol. The maximum absolute atomic E-state index is 11.7. The maximum Gasteiger partial charge on any atom is 0.220 e. The Kier molecular flexibility index (Phi) is 5.93. The van der Waals surface area contributed by atoms with E-state index in [4.69, 9.17) is 9.84 Å². The van der Waals surface area contributed by atoms with E-state index in [2.05, 4.69) is 34.3 Å². The zero-order valence-corrected chi connectivity index (χ0v) is 15.0. The fraction of sp³-hybridized carbons (Fsp3) is 0.632. The molecule has 6 heteroatoms. The van der Waals surface area contributed by atoms with Crippen LogP contribution in [0.5, 0.6) is 5.75 Å². The molecule has 138 valence electrons. The van der Waals surface area contributed by atoms with Crippen molar-refractivity contribution in [1.29, 1.82) is 0 Å². The third-order valence-corrected chi connectivity index (χ3v) is 5.50. The number of amides is 1. The molecule has 25 heavy (non-hydrogen) atoms. The van der Waals surface area contributed by atoms with Crippen molar-refractivity contribution < 1.29 is 14.6 Å². The molecule has 0 unspecified atom stereocenters. The van der Waals surface area contributed by atoms with Crippen molar-refractivity contribution in [1.82, 2.24) is 15.1 Å². The molecule has 0 bridgehead atoms. The predicted molar refractivity (Wildman–Crippen MR) is 96.5 cm³/mol. The number of hydrogen-bond donors (Lipinski definition) is 2. The van der Waals surface area contributed by atoms with Crippen molar-refractivity contribution in [3.8, 4) is 5.75 Å². The van der Waals surface area contributed by atoms with E-state index < -0.39 is 0 Å². The number of hydrogen-bond acceptors (Lipinski definition) is 5. The quantitative estimate of drug-likeness (QED) is 0.827. The summed E-state index contributed by atoms with van der Waals surface area (Å²) in [6.45, 7) is 5.12. The molecular formula is C19H29N3O3. The van der Waals surface area contributed by atoms with Crippen molar-refractivity contribution in [3.05, 3.63) is 29.8 Å². The lowest BCUT2D eigenvalue weighted by molar-refractivity contribution is -0.121. The topological polar surface area (TPSA) is 65.0 Å². The molecule has 2 fully saturated rings. The van der Waals surface area contributed by atoms with Crippen LogP contribution in [0.25, 0.3) is 0 Å². The zero-order chi connectivity index (χ0) is 17.7. The van der Waals surface area contributed by atoms with E-state index in [0.29, 0.717) is 13.0 Å². The Labute approximate surface area is 149 Å². The summed E-state index contributed by atoms with van der Waals surface area (Å²) in [5.74, 6) is 0.974. The number of aliphatic hydroxyl groups is 1. The SMILES string of the molecule is CN1CCN(Cc2ccc(OCCO)cc2)C[C@@]12CCNC(=O)CC2. The minimum atomic E-state index is 0.0302. The van der Waals surface area contributed by atoms with Crippen molar-refractivity contribution in [2.75, 3.05) is 46.4 Å². The highest BCUT2D eigenvalue weighted by Gasteiger charge is 2.40. The fourth-order valence-electron chi connectivity index (χ4n) is 3.93. The number of piperazine rings is 1. The van der Waals surface area contributed by atoms with Gasteiger partial charge in [-0.15, -0.1) is 0 Å². The van der Waals surface area contributed by atoms with Crippen LogP contribution in [0.1, 0.15) is 24.8 Å². The number of rotatable bonds is 5. The molecule has 1 atom stereocenters. The molecule has 2 aliphatic rings. The van der Waals surface area contributed by atoms with Crippen LogP contribution in [0.4, 0.5) is 0 Å². The first-order valence-electron chi connectivity index (χ1n) is 9.14. The van der Waals surface area contributed by atoms with Crippen LogP contribution in [0, 0.1) is 0 Å². The lowest BCUT2D eigenvalue weighted by Crippen LogP contribution is -2.60. The van der Waals surface area contributed by atoms with E-state index in [1.165, 1.54) is 5.56 Å². The molecule has 0 aromatic heterocycles. The van der Waals surface area contributed by atoms with E-state index in [1.54, 1.807) is 0 Å². The average molecular weight is 347 g/mol. The molecule has 1 aromatic rings. The first-order chi connectivity index (χ1) is 12.1. The molecule has 0 radical (unpaired) electrons. The number of nitrogens with zero attached hydrogens (tertiary/aromatic N) is 2. The van der Waals surface area contributed by atoms with E-state index in [9.17, 15) is 4.79 Å². The van der Waals surface area contributed by atoms with E-state index in [1.807, 2.05) is 12.1 Å². The molecule has 3 rings (SSSR count). The van der Waals surface area contributed by atoms with Gasteiger partial charge in [-0.3, -0.25) is 14.6 Å². The lowest BCUT2D eigenvalue weighted by atomic mass is 9.86. The van der Waals surface area contributed by atoms with Gasteiger partial charge in [0, 0.05) is 44.7 Å². The Bertz CT molecular complexity index is 578. The van der Waals surface area contributed by atoms with Gasteiger partial charge in [-0.2, -0.15) is 0 Å². The molecule has 1 spiro atoms. The van der Waals surface area contributed by atoms with Gasteiger partial charge in [-0.05, 0) is 37.6 Å². The van der Waals surface area contributed by atoms with Gasteiger partial charge in [0.15, 0.2) is 0 Å². The summed E-state index contributed by atoms with van der Waals surface area (Å²) in [7, 11) is 2.19. The van der Waals surface area contributed by atoms with Crippen molar-refractivity contribution in [2.45, 2.75) is 31.3 Å². The summed E-state index contributed by atoms with van der Waals surface area (Å²) < 4.78 is 5.42. The van der Waals surface area contributed by atoms with Crippen LogP contribution in [-0.4, -0.2) is 72.8 Å². The van der Waals surface area contributed by atoms with Gasteiger partial charge in [-0.1, -0.05) is 12.1 Å². The van der Waals surface area contributed by atoms with Crippen molar-refractivity contribution in [2.24, 2.45) is 0 Å². The normalized spacial score (nSPS) is 25.6. The Morgan fingerprint density at radius 1 is 1.24 bits per heavy atom. The van der Waals surface area contributed by atoms with Gasteiger partial charge < -0.3 is 15.2 Å². The summed E-state index contributed by atoms with van der Waals surface area (Å²) in [6, 6.07) is 8.11. The minimum absolute atomic E-state index is 0.0302. The molecule has 1 aromatic carbocycles. The fourth-order valence-corrected chi connectivity index (χ4v) is 3.93. The Hall–Kier alpha value is -1.63. The number of aliphatic hydroxyl groups excluding tert-OH is 1. The van der Waals surface area contributed by atoms with E-state index in [0.717, 1.165) is 51.3 Å². The Morgan fingerprint density at radius 3 is 2.80 bits per heavy atom. The highest BCUT2D eigenvalue weighted by molar-refractivity contribution is 5.76. The second-order valence-electron chi connectivity index (χ2n) is 7.17. The smallest absolute Gasteiger partial charge is 0.220 e. The molecule has 2 heterocycles. The van der Waals surface area contributed by atoms with Gasteiger partial charge in [0.1, 0.15) is 12.4 Å². The second kappa shape index (κ2) is 8.17. The third kappa shape index (κ3) is 4.51. The number of benzene rings is 1. The van der Waals surface area contributed by atoms with Crippen molar-refractivity contribution >= 4 is 5.91 Å². The van der Waals surface area contributed by atoms with Crippen LogP contribution >= 0.6 is 0 Å². The number of carbonyl (C=O) groups excluding carboxylic acids is 1. The summed E-state index contributed by atoms with van der Waals surface area (Å²) in [5.41, 5.74) is 1.36. The highest BCUT2D eigenvalue weighted by Crippen LogP contribution is 2.31. The monoisotopic (exact) mass is 347 g/mol. The lowest BCUT2D eigenvalue weighted by Gasteiger charge is -2.49. The number of carbonyl (C=O) groups is 1. The Morgan fingerprint density at radius 2 is 2.04 bits per heavy atom. The molecule has 2 N–H and O–H groups in total. The summed E-state index contributed by atoms with van der Waals surface area (Å²) in [5, 5.41) is 11.8. The van der Waals surface area contributed by atoms with E-state index in [-0.39, 0.29) is 18.1 Å². The predicted octanol–water partition coefficient (Wildman–Crippen LogP) is 0.844. The number of nitrogens with one attached hydrogen (secondary N) is 1. The second-order valence-corrected chi connectivity index (χ2v) is 7.17. The molecule has 2 aliphatic heterocycles. The standard InChI is InChI=1S/C19H29N3O3/c1-21-10-11-22(15-19(21)7-6-18(24)20-9-8-19)14-16-2-4-17(5-3-16)25-13-12-23/h2-5,23H,6-15H2,1H3,(H,20,24)/t19-/m1/s1. The maximum atomic E-state index is 11.7. The molecule has 0 saturated carbocycles. The van der Waals surface area contributed by atoms with Crippen molar-refractivity contribution in [3.63, 3.8) is 0 Å². The molecule has 2 saturated heterocycles. The van der Waals surface area contributed by atoms with Crippen LogP contribution < -0.4 is 10.1 Å². The first kappa shape index (κ1) is 18.2. The first-order valence-corrected chi connectivity index (χ1v) is 9.14. The van der Waals surface area contributed by atoms with Crippen LogP contribution in [0.3, 0.4) is 0 Å². The van der Waals surface area contributed by atoms with E-state index >= 15 is 0 Å². The summed E-state index contributed by atoms with van der Waals surface area (Å²) in [4.78, 5) is 16.7. The van der Waals surface area contributed by atoms with Crippen LogP contribution in [0.15, 0.2) is 24.3 Å². The van der Waals surface area contributed by atoms with Crippen LogP contribution in [-0.2, 0) is 11.3 Å². The highest BCUT2D eigenvalue weighted by atomic mass is 16.5. The number of ether oxygens (including phenoxy) is 1. The third-order valence-electron chi connectivity index (χ3n) is 5.50. The summed E-state index contributed by atoms with van der Waals surface area (Å²) >= 11 is 0. The molecule has 0 aliphatic carbocycles. The molecule has 1 amide bonds. The average Bonchev–Trinajstić information content (AvgIpc) is 2.80. The van der Waals surface area contributed by atoms with Gasteiger partial charge in [-0.25, -0.2) is 0 Å². The van der Waals surface area contributed by atoms with Gasteiger partial charge in [0.25, 0.3) is 0 Å². The van der Waals surface area contributed by atoms with Crippen LogP contribution in [0.2, 0.25) is 0 Å². The Balaban J connectivity index is 1.62. The largest absolute Gasteiger partial charge is 0.491 e. The number of likely N-dealkylation sites (N-methyl/N-ethyl adjacent to an activating group) is 1. The zero-order valence-electron chi connectivity index (χ0n) is 15.0. The van der Waals surface area contributed by atoms with Gasteiger partial charge >= 0.3 is 0 Å². The van der Waals surface area contributed by atoms with Gasteiger partial charge in [0.05, 0.1) is 6.61 Å².